The van der Waals surface area contributed by atoms with E-state index in [0.29, 0.717) is 6.61 Å². The molecule has 0 heterocycles. The van der Waals surface area contributed by atoms with Crippen LogP contribution in [0, 0.1) is 0 Å². The number of ether oxygens (including phenoxy) is 1. The van der Waals surface area contributed by atoms with Gasteiger partial charge in [-0.15, -0.1) is 0 Å². The van der Waals surface area contributed by atoms with Gasteiger partial charge in [-0.3, -0.25) is 0 Å². The number of benzene rings is 1. The molecular weight excluding hydrogens is 228 g/mol. The van der Waals surface area contributed by atoms with Gasteiger partial charge in [-0.05, 0) is 24.7 Å². The predicted octanol–water partition coefficient (Wildman–Crippen LogP) is 3.57. The van der Waals surface area contributed by atoms with Crippen molar-refractivity contribution in [3.8, 4) is 0 Å². The van der Waals surface area contributed by atoms with E-state index >= 15 is 0 Å². The van der Waals surface area contributed by atoms with Gasteiger partial charge in [-0.2, -0.15) is 0 Å². The molecule has 1 aromatic rings. The smallest absolute Gasteiger partial charge is 0.188 e. The van der Waals surface area contributed by atoms with Gasteiger partial charge in [0.25, 0.3) is 0 Å². The summed E-state index contributed by atoms with van der Waals surface area (Å²) in [6, 6.07) is 11.3. The van der Waals surface area contributed by atoms with Crippen molar-refractivity contribution in [1.82, 2.24) is 0 Å². The van der Waals surface area contributed by atoms with Gasteiger partial charge in [-0.1, -0.05) is 42.5 Å². The predicted molar refractivity (Wildman–Crippen MR) is 75.6 cm³/mol. The molecule has 0 fully saturated rings. The Balaban J connectivity index is 2.15. The summed E-state index contributed by atoms with van der Waals surface area (Å²) >= 11 is 0. The molecule has 94 valence electrons. The van der Waals surface area contributed by atoms with E-state index in [1.807, 2.05) is 18.2 Å². The summed E-state index contributed by atoms with van der Waals surface area (Å²) in [5.41, 5.74) is 1.21. The van der Waals surface area contributed by atoms with Gasteiger partial charge >= 0.3 is 0 Å². The van der Waals surface area contributed by atoms with Gasteiger partial charge in [0.15, 0.2) is 8.32 Å². The van der Waals surface area contributed by atoms with E-state index in [4.69, 9.17) is 9.16 Å². The van der Waals surface area contributed by atoms with Crippen molar-refractivity contribution in [3.63, 3.8) is 0 Å². The number of hydrogen-bond donors (Lipinski definition) is 0. The Morgan fingerprint density at radius 1 is 1.18 bits per heavy atom. The molecular formula is C14H22O2Si. The van der Waals surface area contributed by atoms with Crippen molar-refractivity contribution in [2.24, 2.45) is 0 Å². The average molecular weight is 250 g/mol. The topological polar surface area (TPSA) is 18.5 Å². The minimum atomic E-state index is -1.45. The summed E-state index contributed by atoms with van der Waals surface area (Å²) in [6.07, 6.45) is 4.13. The third-order valence-corrected chi connectivity index (χ3v) is 5.24. The van der Waals surface area contributed by atoms with Crippen LogP contribution in [0.5, 0.6) is 0 Å². The van der Waals surface area contributed by atoms with Crippen molar-refractivity contribution < 1.29 is 9.16 Å². The lowest BCUT2D eigenvalue weighted by molar-refractivity contribution is 0.173. The molecule has 0 unspecified atom stereocenters. The maximum absolute atomic E-state index is 5.56. The highest BCUT2D eigenvalue weighted by atomic mass is 28.4. The molecule has 0 radical (unpaired) electrons. The van der Waals surface area contributed by atoms with Gasteiger partial charge in [-0.25, -0.2) is 0 Å². The number of hydrogen-bond acceptors (Lipinski definition) is 2. The van der Waals surface area contributed by atoms with Gasteiger partial charge in [0.1, 0.15) is 0 Å². The average Bonchev–Trinajstić information content (AvgIpc) is 2.35. The van der Waals surface area contributed by atoms with Crippen LogP contribution in [0.15, 0.2) is 36.4 Å². The standard InChI is InChI=1S/C14H22O2Si/c1-15-17(2,3)13-12-16-11-7-10-14-8-5-4-6-9-14/h4-10H,11-13H2,1-3H3. The number of rotatable bonds is 7. The van der Waals surface area contributed by atoms with Crippen LogP contribution in [0.4, 0.5) is 0 Å². The fraction of sp³-hybridized carbons (Fsp3) is 0.429. The lowest BCUT2D eigenvalue weighted by Crippen LogP contribution is -2.29. The third-order valence-electron chi connectivity index (χ3n) is 2.72. The lowest BCUT2D eigenvalue weighted by Gasteiger charge is -2.19. The van der Waals surface area contributed by atoms with Crippen LogP contribution < -0.4 is 0 Å². The van der Waals surface area contributed by atoms with Crippen molar-refractivity contribution in [2.45, 2.75) is 19.1 Å². The van der Waals surface area contributed by atoms with Crippen LogP contribution in [-0.4, -0.2) is 28.6 Å². The molecule has 0 atom stereocenters. The van der Waals surface area contributed by atoms with Gasteiger partial charge in [0.2, 0.25) is 0 Å². The zero-order valence-corrected chi connectivity index (χ0v) is 12.0. The Morgan fingerprint density at radius 3 is 2.53 bits per heavy atom. The first kappa shape index (κ1) is 14.2. The summed E-state index contributed by atoms with van der Waals surface area (Å²) in [7, 11) is 0.343. The highest BCUT2D eigenvalue weighted by Gasteiger charge is 2.19. The molecule has 0 aliphatic carbocycles. The summed E-state index contributed by atoms with van der Waals surface area (Å²) < 4.78 is 11.0. The minimum Gasteiger partial charge on any atom is -0.420 e. The Bertz CT molecular complexity index is 333. The Hall–Kier alpha value is -0.903. The molecule has 0 amide bonds. The Kier molecular flexibility index (Phi) is 6.19. The first-order valence-corrected chi connectivity index (χ1v) is 9.10. The maximum atomic E-state index is 5.56. The van der Waals surface area contributed by atoms with Crippen LogP contribution in [-0.2, 0) is 9.16 Å². The monoisotopic (exact) mass is 250 g/mol. The Morgan fingerprint density at radius 2 is 1.88 bits per heavy atom. The van der Waals surface area contributed by atoms with E-state index < -0.39 is 8.32 Å². The third kappa shape index (κ3) is 6.41. The molecule has 0 aliphatic rings. The van der Waals surface area contributed by atoms with E-state index in [-0.39, 0.29) is 0 Å². The fourth-order valence-electron chi connectivity index (χ4n) is 1.32. The SMILES string of the molecule is CO[Si](C)(C)CCOCC=Cc1ccccc1. The molecule has 0 aliphatic heterocycles. The second-order valence-electron chi connectivity index (χ2n) is 4.60. The molecule has 1 rings (SSSR count). The summed E-state index contributed by atoms with van der Waals surface area (Å²) in [6.45, 7) is 5.86. The van der Waals surface area contributed by atoms with E-state index in [1.165, 1.54) is 5.56 Å². The highest BCUT2D eigenvalue weighted by Crippen LogP contribution is 2.09. The molecule has 17 heavy (non-hydrogen) atoms. The summed E-state index contributed by atoms with van der Waals surface area (Å²) in [5.74, 6) is 0. The largest absolute Gasteiger partial charge is 0.420 e. The Labute approximate surface area is 105 Å². The highest BCUT2D eigenvalue weighted by molar-refractivity contribution is 6.71. The van der Waals surface area contributed by atoms with Crippen LogP contribution in [0.25, 0.3) is 6.08 Å². The molecule has 2 nitrogen and oxygen atoms in total. The lowest BCUT2D eigenvalue weighted by atomic mass is 10.2. The van der Waals surface area contributed by atoms with Crippen molar-refractivity contribution in [2.75, 3.05) is 20.3 Å². The summed E-state index contributed by atoms with van der Waals surface area (Å²) in [4.78, 5) is 0. The van der Waals surface area contributed by atoms with E-state index in [9.17, 15) is 0 Å². The normalized spacial score (nSPS) is 12.2. The molecule has 1 aromatic carbocycles. The van der Waals surface area contributed by atoms with Crippen LogP contribution in [0.1, 0.15) is 5.56 Å². The van der Waals surface area contributed by atoms with E-state index in [1.54, 1.807) is 7.11 Å². The van der Waals surface area contributed by atoms with Gasteiger partial charge < -0.3 is 9.16 Å². The molecule has 3 heteroatoms. The van der Waals surface area contributed by atoms with Crippen molar-refractivity contribution >= 4 is 14.4 Å². The van der Waals surface area contributed by atoms with E-state index in [2.05, 4.69) is 37.4 Å². The maximum Gasteiger partial charge on any atom is 0.188 e. The molecule has 0 bridgehead atoms. The van der Waals surface area contributed by atoms with Crippen LogP contribution in [0.3, 0.4) is 0 Å². The first-order chi connectivity index (χ1) is 8.14. The second-order valence-corrected chi connectivity index (χ2v) is 9.03. The molecule has 0 spiro atoms. The summed E-state index contributed by atoms with van der Waals surface area (Å²) in [5, 5.41) is 0. The molecule has 0 saturated heterocycles. The van der Waals surface area contributed by atoms with Crippen molar-refractivity contribution in [3.05, 3.63) is 42.0 Å². The van der Waals surface area contributed by atoms with Gasteiger partial charge in [0.05, 0.1) is 6.61 Å². The van der Waals surface area contributed by atoms with Crippen molar-refractivity contribution in [1.29, 1.82) is 0 Å². The molecule has 0 N–H and O–H groups in total. The van der Waals surface area contributed by atoms with E-state index in [0.717, 1.165) is 12.7 Å². The minimum absolute atomic E-state index is 0.670. The first-order valence-electron chi connectivity index (χ1n) is 5.98. The molecule has 0 aromatic heterocycles. The van der Waals surface area contributed by atoms with Crippen LogP contribution in [0.2, 0.25) is 19.1 Å². The van der Waals surface area contributed by atoms with Crippen LogP contribution >= 0.6 is 0 Å². The zero-order valence-electron chi connectivity index (χ0n) is 11.0. The second kappa shape index (κ2) is 7.43. The van der Waals surface area contributed by atoms with Gasteiger partial charge in [0, 0.05) is 13.7 Å². The fourth-order valence-corrected chi connectivity index (χ4v) is 2.16. The zero-order chi connectivity index (χ0) is 12.6. The molecule has 0 saturated carbocycles. The quantitative estimate of drug-likeness (QED) is 0.544.